The van der Waals surface area contributed by atoms with E-state index in [1.807, 2.05) is 0 Å². The zero-order chi connectivity index (χ0) is 13.0. The second-order valence-corrected chi connectivity index (χ2v) is 3.84. The van der Waals surface area contributed by atoms with Gasteiger partial charge in [-0.25, -0.2) is 0 Å². The highest BCUT2D eigenvalue weighted by Crippen LogP contribution is 2.29. The van der Waals surface area contributed by atoms with E-state index in [1.54, 1.807) is 26.1 Å². The van der Waals surface area contributed by atoms with Gasteiger partial charge in [-0.05, 0) is 20.0 Å². The highest BCUT2D eigenvalue weighted by atomic mass is 16.6. The third-order valence-corrected chi connectivity index (χ3v) is 2.55. The van der Waals surface area contributed by atoms with E-state index in [-0.39, 0.29) is 17.8 Å². The first-order valence-corrected chi connectivity index (χ1v) is 5.23. The van der Waals surface area contributed by atoms with Crippen molar-refractivity contribution in [3.05, 3.63) is 39.4 Å². The first-order chi connectivity index (χ1) is 7.99. The van der Waals surface area contributed by atoms with Crippen LogP contribution in [0.5, 0.6) is 0 Å². The maximum Gasteiger partial charge on any atom is 0.278 e. The second-order valence-electron chi connectivity index (χ2n) is 3.84. The van der Waals surface area contributed by atoms with E-state index >= 15 is 0 Å². The van der Waals surface area contributed by atoms with Gasteiger partial charge in [0.15, 0.2) is 0 Å². The number of hydrogen-bond donors (Lipinski definition) is 3. The Morgan fingerprint density at radius 1 is 1.47 bits per heavy atom. The van der Waals surface area contributed by atoms with Crippen molar-refractivity contribution in [2.45, 2.75) is 19.1 Å². The predicted molar refractivity (Wildman–Crippen MR) is 62.7 cm³/mol. The minimum atomic E-state index is -1.28. The number of hydrogen-bond acceptors (Lipinski definition) is 5. The van der Waals surface area contributed by atoms with Crippen LogP contribution in [-0.2, 0) is 0 Å². The number of nitrogens with zero attached hydrogens (tertiary/aromatic N) is 1. The van der Waals surface area contributed by atoms with Crippen molar-refractivity contribution in [3.63, 3.8) is 0 Å². The van der Waals surface area contributed by atoms with Gasteiger partial charge in [0.2, 0.25) is 0 Å². The molecule has 0 aliphatic carbocycles. The lowest BCUT2D eigenvalue weighted by Crippen LogP contribution is -2.30. The van der Waals surface area contributed by atoms with Crippen molar-refractivity contribution >= 4 is 5.69 Å². The molecular weight excluding hydrogens is 224 g/mol. The molecule has 17 heavy (non-hydrogen) atoms. The minimum Gasteiger partial charge on any atom is -0.389 e. The Bertz CT molecular complexity index is 408. The van der Waals surface area contributed by atoms with Crippen molar-refractivity contribution in [3.8, 4) is 0 Å². The highest BCUT2D eigenvalue weighted by molar-refractivity contribution is 5.48. The summed E-state index contributed by atoms with van der Waals surface area (Å²) in [6.07, 6.45) is -2.36. The molecule has 0 fully saturated rings. The number of para-hydroxylation sites is 1. The summed E-state index contributed by atoms with van der Waals surface area (Å²) in [5, 5.41) is 33.1. The van der Waals surface area contributed by atoms with Crippen molar-refractivity contribution in [2.75, 3.05) is 13.6 Å². The Labute approximate surface area is 99.0 Å². The Morgan fingerprint density at radius 2 is 2.12 bits per heavy atom. The molecule has 3 N–H and O–H groups in total. The number of rotatable bonds is 5. The van der Waals surface area contributed by atoms with Crippen LogP contribution >= 0.6 is 0 Å². The van der Waals surface area contributed by atoms with Gasteiger partial charge in [0.1, 0.15) is 6.10 Å². The molecule has 1 aromatic carbocycles. The molecule has 0 aromatic heterocycles. The van der Waals surface area contributed by atoms with Gasteiger partial charge in [0, 0.05) is 12.1 Å². The standard InChI is InChI=1S/C11H16N2O4/c1-7-4-3-5-8(10(7)13(16)17)11(15)9(14)6-12-2/h3-5,9,11-12,14-15H,6H2,1-2H3. The maximum atomic E-state index is 10.9. The zero-order valence-electron chi connectivity index (χ0n) is 9.75. The van der Waals surface area contributed by atoms with Gasteiger partial charge in [0.25, 0.3) is 5.69 Å². The average molecular weight is 240 g/mol. The summed E-state index contributed by atoms with van der Waals surface area (Å²) >= 11 is 0. The molecule has 1 aromatic rings. The Kier molecular flexibility index (Phi) is 4.56. The quantitative estimate of drug-likeness (QED) is 0.515. The number of benzene rings is 1. The van der Waals surface area contributed by atoms with E-state index in [9.17, 15) is 20.3 Å². The van der Waals surface area contributed by atoms with Crippen LogP contribution in [0.25, 0.3) is 0 Å². The summed E-state index contributed by atoms with van der Waals surface area (Å²) < 4.78 is 0. The molecule has 2 atom stereocenters. The summed E-state index contributed by atoms with van der Waals surface area (Å²) in [6, 6.07) is 4.67. The number of aryl methyl sites for hydroxylation is 1. The fourth-order valence-electron chi connectivity index (χ4n) is 1.70. The fourth-order valence-corrected chi connectivity index (χ4v) is 1.70. The van der Waals surface area contributed by atoms with Gasteiger partial charge in [-0.2, -0.15) is 0 Å². The Balaban J connectivity index is 3.13. The second kappa shape index (κ2) is 5.72. The zero-order valence-corrected chi connectivity index (χ0v) is 9.75. The monoisotopic (exact) mass is 240 g/mol. The number of likely N-dealkylation sites (N-methyl/N-ethyl adjacent to an activating group) is 1. The molecule has 94 valence electrons. The van der Waals surface area contributed by atoms with Crippen LogP contribution in [0.4, 0.5) is 5.69 Å². The lowest BCUT2D eigenvalue weighted by Gasteiger charge is -2.18. The third kappa shape index (κ3) is 3.00. The predicted octanol–water partition coefficient (Wildman–Crippen LogP) is 0.517. The lowest BCUT2D eigenvalue weighted by molar-refractivity contribution is -0.386. The smallest absolute Gasteiger partial charge is 0.278 e. The number of aliphatic hydroxyl groups is 2. The Morgan fingerprint density at radius 3 is 2.65 bits per heavy atom. The molecule has 0 saturated heterocycles. The van der Waals surface area contributed by atoms with Crippen LogP contribution in [0, 0.1) is 17.0 Å². The summed E-state index contributed by atoms with van der Waals surface area (Å²) in [5.41, 5.74) is 0.455. The normalized spacial score (nSPS) is 14.4. The van der Waals surface area contributed by atoms with E-state index in [0.29, 0.717) is 5.56 Å². The van der Waals surface area contributed by atoms with Gasteiger partial charge in [-0.1, -0.05) is 12.1 Å². The van der Waals surface area contributed by atoms with Crippen molar-refractivity contribution in [2.24, 2.45) is 0 Å². The maximum absolute atomic E-state index is 10.9. The fraction of sp³-hybridized carbons (Fsp3) is 0.455. The van der Waals surface area contributed by atoms with E-state index in [2.05, 4.69) is 5.32 Å². The van der Waals surface area contributed by atoms with Gasteiger partial charge >= 0.3 is 0 Å². The number of nitro groups is 1. The van der Waals surface area contributed by atoms with Crippen LogP contribution in [-0.4, -0.2) is 34.8 Å². The van der Waals surface area contributed by atoms with E-state index in [0.717, 1.165) is 0 Å². The van der Waals surface area contributed by atoms with E-state index in [1.165, 1.54) is 6.07 Å². The number of nitro benzene ring substituents is 1. The summed E-state index contributed by atoms with van der Waals surface area (Å²) in [7, 11) is 1.63. The van der Waals surface area contributed by atoms with Crippen LogP contribution in [0.15, 0.2) is 18.2 Å². The molecule has 0 heterocycles. The van der Waals surface area contributed by atoms with Crippen LogP contribution in [0.3, 0.4) is 0 Å². The van der Waals surface area contributed by atoms with Crippen LogP contribution in [0.2, 0.25) is 0 Å². The molecule has 0 aliphatic heterocycles. The largest absolute Gasteiger partial charge is 0.389 e. The molecule has 0 bridgehead atoms. The molecule has 0 spiro atoms. The highest BCUT2D eigenvalue weighted by Gasteiger charge is 2.27. The summed E-state index contributed by atoms with van der Waals surface area (Å²) in [6.45, 7) is 1.76. The Hall–Kier alpha value is -1.50. The lowest BCUT2D eigenvalue weighted by atomic mass is 9.99. The molecule has 0 aliphatic rings. The molecular formula is C11H16N2O4. The SMILES string of the molecule is CNCC(O)C(O)c1cccc(C)c1[N+](=O)[O-]. The topological polar surface area (TPSA) is 95.6 Å². The van der Waals surface area contributed by atoms with E-state index < -0.39 is 17.1 Å². The number of nitrogens with one attached hydrogen (secondary N) is 1. The molecule has 6 heteroatoms. The molecule has 1 rings (SSSR count). The average Bonchev–Trinajstić information content (AvgIpc) is 2.27. The van der Waals surface area contributed by atoms with Crippen molar-refractivity contribution < 1.29 is 15.1 Å². The van der Waals surface area contributed by atoms with Gasteiger partial charge in [-0.15, -0.1) is 0 Å². The molecule has 0 saturated carbocycles. The number of aliphatic hydroxyl groups excluding tert-OH is 2. The van der Waals surface area contributed by atoms with Crippen LogP contribution < -0.4 is 5.32 Å². The molecule has 2 unspecified atom stereocenters. The first kappa shape index (κ1) is 13.6. The van der Waals surface area contributed by atoms with Crippen LogP contribution in [0.1, 0.15) is 17.2 Å². The molecule has 0 radical (unpaired) electrons. The summed E-state index contributed by atoms with van der Waals surface area (Å²) in [5.74, 6) is 0. The third-order valence-electron chi connectivity index (χ3n) is 2.55. The van der Waals surface area contributed by atoms with Gasteiger partial charge in [-0.3, -0.25) is 10.1 Å². The van der Waals surface area contributed by atoms with E-state index in [4.69, 9.17) is 0 Å². The van der Waals surface area contributed by atoms with Gasteiger partial charge < -0.3 is 15.5 Å². The van der Waals surface area contributed by atoms with Crippen molar-refractivity contribution in [1.82, 2.24) is 5.32 Å². The minimum absolute atomic E-state index is 0.137. The first-order valence-electron chi connectivity index (χ1n) is 5.23. The molecule has 0 amide bonds. The van der Waals surface area contributed by atoms with Gasteiger partial charge in [0.05, 0.1) is 16.6 Å². The molecule has 6 nitrogen and oxygen atoms in total. The van der Waals surface area contributed by atoms with Crippen molar-refractivity contribution in [1.29, 1.82) is 0 Å². The summed E-state index contributed by atoms with van der Waals surface area (Å²) in [4.78, 5) is 10.4.